The number of rotatable bonds is 3. The van der Waals surface area contributed by atoms with Crippen LogP contribution in [-0.4, -0.2) is 41.3 Å². The van der Waals surface area contributed by atoms with Crippen LogP contribution in [0.4, 0.5) is 23.3 Å². The Balaban J connectivity index is 1.79. The number of aromatic nitrogens is 3. The fourth-order valence-electron chi connectivity index (χ4n) is 2.29. The quantitative estimate of drug-likeness (QED) is 0.836. The molecule has 3 rings (SSSR count). The van der Waals surface area contributed by atoms with Gasteiger partial charge in [0.25, 0.3) is 0 Å². The van der Waals surface area contributed by atoms with Crippen molar-refractivity contribution in [2.75, 3.05) is 42.3 Å². The lowest BCUT2D eigenvalue weighted by Gasteiger charge is -2.28. The van der Waals surface area contributed by atoms with Crippen molar-refractivity contribution in [2.24, 2.45) is 0 Å². The Bertz CT molecular complexity index is 654. The van der Waals surface area contributed by atoms with E-state index in [-0.39, 0.29) is 5.95 Å². The van der Waals surface area contributed by atoms with E-state index in [1.807, 2.05) is 19.1 Å². The van der Waals surface area contributed by atoms with Gasteiger partial charge >= 0.3 is 0 Å². The van der Waals surface area contributed by atoms with E-state index in [4.69, 9.17) is 22.1 Å². The second kappa shape index (κ2) is 6.33. The molecule has 2 aromatic heterocycles. The lowest BCUT2D eigenvalue weighted by Crippen LogP contribution is -2.36. The first-order valence-corrected chi connectivity index (χ1v) is 7.37. The number of ether oxygens (including phenoxy) is 1. The third-order valence-corrected chi connectivity index (χ3v) is 3.57. The highest BCUT2D eigenvalue weighted by molar-refractivity contribution is 6.29. The minimum Gasteiger partial charge on any atom is -0.378 e. The molecule has 2 aromatic rings. The Labute approximate surface area is 133 Å². The van der Waals surface area contributed by atoms with Crippen LogP contribution in [0.25, 0.3) is 0 Å². The first kappa shape index (κ1) is 14.8. The Kier molecular flexibility index (Phi) is 4.26. The molecular weight excluding hydrogens is 304 g/mol. The number of anilines is 4. The highest BCUT2D eigenvalue weighted by atomic mass is 35.5. The lowest BCUT2D eigenvalue weighted by molar-refractivity contribution is 0.122. The van der Waals surface area contributed by atoms with Gasteiger partial charge in [-0.2, -0.15) is 4.98 Å². The second-order valence-corrected chi connectivity index (χ2v) is 5.35. The Hall–Kier alpha value is -2.12. The van der Waals surface area contributed by atoms with E-state index in [1.165, 1.54) is 0 Å². The van der Waals surface area contributed by atoms with Crippen LogP contribution < -0.4 is 16.0 Å². The Morgan fingerprint density at radius 2 is 2.00 bits per heavy atom. The van der Waals surface area contributed by atoms with E-state index in [9.17, 15) is 0 Å². The molecule has 1 aliphatic rings. The number of halogens is 1. The third-order valence-electron chi connectivity index (χ3n) is 3.38. The first-order valence-electron chi connectivity index (χ1n) is 6.99. The number of hydrogen-bond acceptors (Lipinski definition) is 7. The van der Waals surface area contributed by atoms with Crippen LogP contribution in [0.2, 0.25) is 5.15 Å². The van der Waals surface area contributed by atoms with Crippen LogP contribution in [0, 0.1) is 6.92 Å². The molecular formula is C14H17ClN6O. The van der Waals surface area contributed by atoms with Gasteiger partial charge in [-0.3, -0.25) is 0 Å². The molecule has 22 heavy (non-hydrogen) atoms. The largest absolute Gasteiger partial charge is 0.378 e. The van der Waals surface area contributed by atoms with Crippen molar-refractivity contribution in [2.45, 2.75) is 6.92 Å². The van der Waals surface area contributed by atoms with E-state index in [2.05, 4.69) is 25.2 Å². The summed E-state index contributed by atoms with van der Waals surface area (Å²) in [6.45, 7) is 5.13. The summed E-state index contributed by atoms with van der Waals surface area (Å²) in [4.78, 5) is 14.8. The molecule has 0 amide bonds. The summed E-state index contributed by atoms with van der Waals surface area (Å²) >= 11 is 5.88. The highest BCUT2D eigenvalue weighted by Crippen LogP contribution is 2.23. The van der Waals surface area contributed by atoms with E-state index >= 15 is 0 Å². The van der Waals surface area contributed by atoms with Gasteiger partial charge in [0.1, 0.15) is 16.8 Å². The van der Waals surface area contributed by atoms with Gasteiger partial charge < -0.3 is 20.7 Å². The summed E-state index contributed by atoms with van der Waals surface area (Å²) in [5.41, 5.74) is 7.32. The average Bonchev–Trinajstić information content (AvgIpc) is 2.49. The van der Waals surface area contributed by atoms with Gasteiger partial charge in [0, 0.05) is 19.2 Å². The van der Waals surface area contributed by atoms with E-state index < -0.39 is 0 Å². The molecule has 0 saturated carbocycles. The number of nitrogens with one attached hydrogen (secondary N) is 1. The number of nitrogens with two attached hydrogens (primary N) is 1. The summed E-state index contributed by atoms with van der Waals surface area (Å²) < 4.78 is 5.36. The summed E-state index contributed by atoms with van der Waals surface area (Å²) in [5.74, 6) is 1.62. The standard InChI is InChI=1S/C14H17ClN6O/c1-9-10(18-12-8-11(15)19-14(16)20-12)2-3-13(17-9)21-4-6-22-7-5-21/h2-3,8H,4-7H2,1H3,(H3,16,18,19,20). The molecule has 0 atom stereocenters. The molecule has 1 aliphatic heterocycles. The number of hydrogen-bond donors (Lipinski definition) is 2. The van der Waals surface area contributed by atoms with Gasteiger partial charge in [0.2, 0.25) is 5.95 Å². The zero-order valence-corrected chi connectivity index (χ0v) is 13.0. The molecule has 0 bridgehead atoms. The van der Waals surface area contributed by atoms with Crippen molar-refractivity contribution in [3.8, 4) is 0 Å². The predicted molar refractivity (Wildman–Crippen MR) is 86.7 cm³/mol. The molecule has 0 aliphatic carbocycles. The Morgan fingerprint density at radius 3 is 2.68 bits per heavy atom. The minimum absolute atomic E-state index is 0.130. The molecule has 1 fully saturated rings. The van der Waals surface area contributed by atoms with Crippen LogP contribution in [0.15, 0.2) is 18.2 Å². The van der Waals surface area contributed by atoms with E-state index in [0.717, 1.165) is 43.5 Å². The second-order valence-electron chi connectivity index (χ2n) is 4.96. The van der Waals surface area contributed by atoms with Crippen LogP contribution >= 0.6 is 11.6 Å². The molecule has 0 aromatic carbocycles. The molecule has 3 N–H and O–H groups in total. The van der Waals surface area contributed by atoms with Crippen LogP contribution in [0.1, 0.15) is 5.69 Å². The highest BCUT2D eigenvalue weighted by Gasteiger charge is 2.13. The fraction of sp³-hybridized carbons (Fsp3) is 0.357. The zero-order chi connectivity index (χ0) is 15.5. The molecule has 0 unspecified atom stereocenters. The number of morpholine rings is 1. The summed E-state index contributed by atoms with van der Waals surface area (Å²) in [7, 11) is 0. The fourth-order valence-corrected chi connectivity index (χ4v) is 2.48. The number of aryl methyl sites for hydroxylation is 1. The maximum absolute atomic E-state index is 5.88. The van der Waals surface area contributed by atoms with Gasteiger partial charge in [-0.25, -0.2) is 9.97 Å². The van der Waals surface area contributed by atoms with Crippen molar-refractivity contribution in [3.63, 3.8) is 0 Å². The monoisotopic (exact) mass is 320 g/mol. The molecule has 116 valence electrons. The normalized spacial score (nSPS) is 14.9. The van der Waals surface area contributed by atoms with Crippen molar-refractivity contribution in [3.05, 3.63) is 29.0 Å². The van der Waals surface area contributed by atoms with E-state index in [0.29, 0.717) is 11.0 Å². The van der Waals surface area contributed by atoms with Gasteiger partial charge in [0.05, 0.1) is 24.6 Å². The van der Waals surface area contributed by atoms with Crippen molar-refractivity contribution in [1.82, 2.24) is 15.0 Å². The topological polar surface area (TPSA) is 89.2 Å². The molecule has 3 heterocycles. The number of nitrogens with zero attached hydrogens (tertiary/aromatic N) is 4. The van der Waals surface area contributed by atoms with Crippen molar-refractivity contribution < 1.29 is 4.74 Å². The SMILES string of the molecule is Cc1nc(N2CCOCC2)ccc1Nc1cc(Cl)nc(N)n1. The van der Waals surface area contributed by atoms with Crippen LogP contribution in [0.3, 0.4) is 0 Å². The minimum atomic E-state index is 0.130. The molecule has 0 radical (unpaired) electrons. The molecule has 1 saturated heterocycles. The van der Waals surface area contributed by atoms with Crippen LogP contribution in [0.5, 0.6) is 0 Å². The maximum atomic E-state index is 5.88. The van der Waals surface area contributed by atoms with Gasteiger partial charge in [-0.15, -0.1) is 0 Å². The van der Waals surface area contributed by atoms with Gasteiger partial charge in [-0.05, 0) is 19.1 Å². The number of pyridine rings is 1. The van der Waals surface area contributed by atoms with Crippen molar-refractivity contribution in [1.29, 1.82) is 0 Å². The number of nitrogen functional groups attached to an aromatic ring is 1. The summed E-state index contributed by atoms with van der Waals surface area (Å²) in [5, 5.41) is 3.46. The van der Waals surface area contributed by atoms with Crippen molar-refractivity contribution >= 4 is 34.9 Å². The van der Waals surface area contributed by atoms with E-state index in [1.54, 1.807) is 6.07 Å². The van der Waals surface area contributed by atoms with Crippen LogP contribution in [-0.2, 0) is 4.74 Å². The average molecular weight is 321 g/mol. The molecule has 8 heteroatoms. The zero-order valence-electron chi connectivity index (χ0n) is 12.2. The molecule has 7 nitrogen and oxygen atoms in total. The van der Waals surface area contributed by atoms with Gasteiger partial charge in [-0.1, -0.05) is 11.6 Å². The third kappa shape index (κ3) is 3.37. The summed E-state index contributed by atoms with van der Waals surface area (Å²) in [6.07, 6.45) is 0. The maximum Gasteiger partial charge on any atom is 0.223 e. The summed E-state index contributed by atoms with van der Waals surface area (Å²) in [6, 6.07) is 5.57. The smallest absolute Gasteiger partial charge is 0.223 e. The lowest BCUT2D eigenvalue weighted by atomic mass is 10.3. The predicted octanol–water partition coefficient (Wildman–Crippen LogP) is 2.00. The van der Waals surface area contributed by atoms with Gasteiger partial charge in [0.15, 0.2) is 0 Å². The molecule has 0 spiro atoms. The Morgan fingerprint density at radius 1 is 1.23 bits per heavy atom. The first-order chi connectivity index (χ1) is 10.6.